The highest BCUT2D eigenvalue weighted by Gasteiger charge is 2.22. The summed E-state index contributed by atoms with van der Waals surface area (Å²) in [5.41, 5.74) is 7.31. The van der Waals surface area contributed by atoms with Crippen LogP contribution in [0, 0.1) is 17.8 Å². The van der Waals surface area contributed by atoms with Crippen LogP contribution in [-0.2, 0) is 0 Å². The zero-order valence-electron chi connectivity index (χ0n) is 24.2. The van der Waals surface area contributed by atoms with Gasteiger partial charge in [-0.05, 0) is 86.8 Å². The molecular formula is C34H55N. The average Bonchev–Trinajstić information content (AvgIpc) is 3.29. The van der Waals surface area contributed by atoms with Crippen molar-refractivity contribution in [3.63, 3.8) is 0 Å². The summed E-state index contributed by atoms with van der Waals surface area (Å²) in [6.45, 7) is 16.9. The average molecular weight is 478 g/mol. The van der Waals surface area contributed by atoms with Gasteiger partial charge in [-0.1, -0.05) is 114 Å². The number of rotatable bonds is 13. The molecule has 2 aliphatic carbocycles. The highest BCUT2D eigenvalue weighted by molar-refractivity contribution is 5.80. The summed E-state index contributed by atoms with van der Waals surface area (Å²) in [7, 11) is 1.88. The lowest BCUT2D eigenvalue weighted by atomic mass is 9.80. The highest BCUT2D eigenvalue weighted by atomic mass is 14.6. The lowest BCUT2D eigenvalue weighted by Crippen LogP contribution is -2.09. The van der Waals surface area contributed by atoms with E-state index in [1.165, 1.54) is 68.1 Å². The van der Waals surface area contributed by atoms with Gasteiger partial charge in [0.25, 0.3) is 0 Å². The van der Waals surface area contributed by atoms with Crippen molar-refractivity contribution in [2.45, 2.75) is 112 Å². The fourth-order valence-electron chi connectivity index (χ4n) is 5.64. The van der Waals surface area contributed by atoms with Crippen molar-refractivity contribution in [3.05, 3.63) is 70.9 Å². The van der Waals surface area contributed by atoms with Crippen LogP contribution < -0.4 is 0 Å². The van der Waals surface area contributed by atoms with Crippen molar-refractivity contribution in [2.75, 3.05) is 7.05 Å². The quantitative estimate of drug-likeness (QED) is 0.185. The Labute approximate surface area is 219 Å². The molecule has 0 aromatic heterocycles. The van der Waals surface area contributed by atoms with Crippen LogP contribution in [0.15, 0.2) is 75.9 Å². The Morgan fingerprint density at radius 2 is 1.97 bits per heavy atom. The molecule has 196 valence electrons. The standard InChI is InChI=1S/C32H49N.C2H6/c1-7-10-13-27(9-3)18-19-29-21-31(26(5)24-33-6)23-32(22-29)30(12-8-2)15-11-14-28-17-16-25(4)20-28;1-2/h7,9-10,13,22-25,28,30H,1,8,11-12,14-21H2,2-6H3;1-2H3/b13-10-,27-9+,31-26+,33-24?;. The van der Waals surface area contributed by atoms with Crippen LogP contribution in [0.5, 0.6) is 0 Å². The number of nitrogens with zero attached hydrogens (tertiary/aromatic N) is 1. The summed E-state index contributed by atoms with van der Waals surface area (Å²) >= 11 is 0. The van der Waals surface area contributed by atoms with Crippen molar-refractivity contribution in [1.29, 1.82) is 0 Å². The molecule has 0 heterocycles. The van der Waals surface area contributed by atoms with E-state index in [4.69, 9.17) is 0 Å². The van der Waals surface area contributed by atoms with E-state index < -0.39 is 0 Å². The van der Waals surface area contributed by atoms with Gasteiger partial charge in [0, 0.05) is 13.3 Å². The molecule has 0 N–H and O–H groups in total. The molecule has 2 rings (SSSR count). The van der Waals surface area contributed by atoms with Crippen LogP contribution in [-0.4, -0.2) is 13.3 Å². The van der Waals surface area contributed by atoms with Crippen molar-refractivity contribution < 1.29 is 0 Å². The number of allylic oxidation sites excluding steroid dienone is 11. The molecule has 3 atom stereocenters. The monoisotopic (exact) mass is 477 g/mol. The van der Waals surface area contributed by atoms with E-state index in [0.717, 1.165) is 31.1 Å². The van der Waals surface area contributed by atoms with E-state index in [1.807, 2.05) is 39.3 Å². The maximum absolute atomic E-state index is 4.30. The SMILES string of the molecule is C=C/C=C\C(=C/C)CCC1=CC(C(CCC)CCCC2CCC(C)C2)=C/C(=C(\C)C=NC)C1.CC. The van der Waals surface area contributed by atoms with Crippen molar-refractivity contribution >= 4 is 6.21 Å². The van der Waals surface area contributed by atoms with E-state index in [1.54, 1.807) is 11.1 Å². The van der Waals surface area contributed by atoms with Crippen LogP contribution in [0.2, 0.25) is 0 Å². The van der Waals surface area contributed by atoms with Gasteiger partial charge in [0.15, 0.2) is 0 Å². The summed E-state index contributed by atoms with van der Waals surface area (Å²) in [5, 5.41) is 0. The first-order chi connectivity index (χ1) is 17.0. The Kier molecular flexibility index (Phi) is 16.4. The molecule has 1 nitrogen and oxygen atoms in total. The Morgan fingerprint density at radius 1 is 1.20 bits per heavy atom. The van der Waals surface area contributed by atoms with E-state index in [2.05, 4.69) is 63.6 Å². The van der Waals surface area contributed by atoms with Gasteiger partial charge in [0.2, 0.25) is 0 Å². The second-order valence-corrected chi connectivity index (χ2v) is 10.4. The van der Waals surface area contributed by atoms with Gasteiger partial charge in [0.05, 0.1) is 0 Å². The Balaban J connectivity index is 0.00000298. The van der Waals surface area contributed by atoms with Gasteiger partial charge in [-0.3, -0.25) is 4.99 Å². The first kappa shape index (κ1) is 31.1. The summed E-state index contributed by atoms with van der Waals surface area (Å²) in [4.78, 5) is 4.30. The Bertz CT molecular complexity index is 798. The van der Waals surface area contributed by atoms with Gasteiger partial charge in [-0.25, -0.2) is 0 Å². The molecule has 3 unspecified atom stereocenters. The fourth-order valence-corrected chi connectivity index (χ4v) is 5.64. The maximum atomic E-state index is 4.30. The summed E-state index contributed by atoms with van der Waals surface area (Å²) in [6, 6.07) is 0. The largest absolute Gasteiger partial charge is 0.296 e. The summed E-state index contributed by atoms with van der Waals surface area (Å²) in [5.74, 6) is 2.62. The predicted molar refractivity (Wildman–Crippen MR) is 160 cm³/mol. The molecule has 0 aromatic rings. The first-order valence-corrected chi connectivity index (χ1v) is 14.5. The fraction of sp³-hybridized carbons (Fsp3) is 0.618. The van der Waals surface area contributed by atoms with Crippen molar-refractivity contribution in [2.24, 2.45) is 22.7 Å². The molecular weight excluding hydrogens is 422 g/mol. The van der Waals surface area contributed by atoms with Crippen LogP contribution in [0.3, 0.4) is 0 Å². The van der Waals surface area contributed by atoms with Crippen LogP contribution in [0.4, 0.5) is 0 Å². The van der Waals surface area contributed by atoms with E-state index in [-0.39, 0.29) is 0 Å². The summed E-state index contributed by atoms with van der Waals surface area (Å²) < 4.78 is 0. The molecule has 0 aromatic carbocycles. The van der Waals surface area contributed by atoms with Gasteiger partial charge >= 0.3 is 0 Å². The zero-order valence-corrected chi connectivity index (χ0v) is 24.2. The molecule has 1 saturated carbocycles. The number of aliphatic imine (C=N–C) groups is 1. The minimum Gasteiger partial charge on any atom is -0.296 e. The third kappa shape index (κ3) is 11.6. The smallest absolute Gasteiger partial charge is 0.0277 e. The second kappa shape index (κ2) is 18.4. The van der Waals surface area contributed by atoms with Crippen molar-refractivity contribution in [1.82, 2.24) is 0 Å². The molecule has 35 heavy (non-hydrogen) atoms. The Hall–Kier alpha value is -1.89. The third-order valence-corrected chi connectivity index (χ3v) is 7.59. The van der Waals surface area contributed by atoms with Crippen LogP contribution in [0.1, 0.15) is 112 Å². The van der Waals surface area contributed by atoms with Gasteiger partial charge in [-0.15, -0.1) is 0 Å². The van der Waals surface area contributed by atoms with Crippen LogP contribution >= 0.6 is 0 Å². The normalized spacial score (nSPS) is 23.1. The number of hydrogen-bond acceptors (Lipinski definition) is 1. The highest BCUT2D eigenvalue weighted by Crippen LogP contribution is 2.37. The van der Waals surface area contributed by atoms with E-state index >= 15 is 0 Å². The zero-order chi connectivity index (χ0) is 26.1. The first-order valence-electron chi connectivity index (χ1n) is 14.5. The topological polar surface area (TPSA) is 12.4 Å². The van der Waals surface area contributed by atoms with E-state index in [0.29, 0.717) is 5.92 Å². The number of hydrogen-bond donors (Lipinski definition) is 0. The minimum atomic E-state index is 0.687. The molecule has 0 saturated heterocycles. The van der Waals surface area contributed by atoms with Gasteiger partial charge in [-0.2, -0.15) is 0 Å². The third-order valence-electron chi connectivity index (χ3n) is 7.59. The lowest BCUT2D eigenvalue weighted by Gasteiger charge is -2.25. The molecule has 1 heteroatoms. The predicted octanol–water partition coefficient (Wildman–Crippen LogP) is 10.8. The molecule has 0 aliphatic heterocycles. The maximum Gasteiger partial charge on any atom is 0.0277 e. The van der Waals surface area contributed by atoms with Crippen LogP contribution in [0.25, 0.3) is 0 Å². The van der Waals surface area contributed by atoms with Gasteiger partial charge in [0.1, 0.15) is 0 Å². The molecule has 2 aliphatic rings. The Morgan fingerprint density at radius 3 is 2.57 bits per heavy atom. The molecule has 0 radical (unpaired) electrons. The second-order valence-electron chi connectivity index (χ2n) is 10.4. The van der Waals surface area contributed by atoms with E-state index in [9.17, 15) is 0 Å². The molecule has 0 bridgehead atoms. The minimum absolute atomic E-state index is 0.687. The van der Waals surface area contributed by atoms with Crippen molar-refractivity contribution in [3.8, 4) is 0 Å². The molecule has 0 amide bonds. The lowest BCUT2D eigenvalue weighted by molar-refractivity contribution is 0.417. The summed E-state index contributed by atoms with van der Waals surface area (Å²) in [6.07, 6.45) is 29.8. The molecule has 0 spiro atoms. The molecule has 1 fully saturated rings. The van der Waals surface area contributed by atoms with Gasteiger partial charge < -0.3 is 0 Å².